The van der Waals surface area contributed by atoms with E-state index in [0.717, 1.165) is 0 Å². The smallest absolute Gasteiger partial charge is 0.297 e. The van der Waals surface area contributed by atoms with Crippen molar-refractivity contribution in [2.45, 2.75) is 6.92 Å². The van der Waals surface area contributed by atoms with E-state index in [1.807, 2.05) is 0 Å². The van der Waals surface area contributed by atoms with Gasteiger partial charge in [-0.1, -0.05) is 0 Å². The van der Waals surface area contributed by atoms with Crippen molar-refractivity contribution >= 4 is 5.69 Å². The maximum atomic E-state index is 11.6. The third kappa shape index (κ3) is 1.02. The Morgan fingerprint density at radius 3 is 2.71 bits per heavy atom. The standard InChI is InChI=1S/C7H10N6O/c1-4-5(8)6(14)13(11-4)7-10-9-3-12(7)2/h3,11H,8H2,1-2H3. The molecule has 14 heavy (non-hydrogen) atoms. The molecule has 0 atom stereocenters. The summed E-state index contributed by atoms with van der Waals surface area (Å²) >= 11 is 0. The summed E-state index contributed by atoms with van der Waals surface area (Å²) < 4.78 is 2.88. The number of nitrogens with one attached hydrogen (secondary N) is 1. The molecule has 0 aliphatic heterocycles. The molecule has 0 aliphatic rings. The summed E-state index contributed by atoms with van der Waals surface area (Å²) in [6, 6.07) is 0. The van der Waals surface area contributed by atoms with Crippen LogP contribution < -0.4 is 11.3 Å². The molecule has 0 aromatic carbocycles. The number of hydrogen-bond donors (Lipinski definition) is 2. The molecule has 0 bridgehead atoms. The molecule has 0 spiro atoms. The highest BCUT2D eigenvalue weighted by molar-refractivity contribution is 5.41. The number of anilines is 1. The second-order valence-corrected chi connectivity index (χ2v) is 3.03. The van der Waals surface area contributed by atoms with Gasteiger partial charge in [-0.2, -0.15) is 4.68 Å². The number of hydrogen-bond acceptors (Lipinski definition) is 4. The summed E-state index contributed by atoms with van der Waals surface area (Å²) in [5.74, 6) is 0.412. The normalized spacial score (nSPS) is 10.7. The van der Waals surface area contributed by atoms with Crippen molar-refractivity contribution in [3.05, 3.63) is 22.4 Å². The maximum Gasteiger partial charge on any atom is 0.297 e. The predicted octanol–water partition coefficient (Wildman–Crippen LogP) is -0.815. The van der Waals surface area contributed by atoms with Crippen molar-refractivity contribution in [2.75, 3.05) is 5.73 Å². The number of nitrogens with two attached hydrogens (primary N) is 1. The minimum Gasteiger partial charge on any atom is -0.393 e. The summed E-state index contributed by atoms with van der Waals surface area (Å²) in [4.78, 5) is 11.6. The van der Waals surface area contributed by atoms with Gasteiger partial charge in [-0.25, -0.2) is 0 Å². The van der Waals surface area contributed by atoms with Gasteiger partial charge >= 0.3 is 0 Å². The first-order chi connectivity index (χ1) is 6.61. The minimum atomic E-state index is -0.307. The molecule has 3 N–H and O–H groups in total. The molecule has 0 fully saturated rings. The molecular formula is C7H10N6O. The summed E-state index contributed by atoms with van der Waals surface area (Å²) in [6.45, 7) is 1.73. The third-order valence-electron chi connectivity index (χ3n) is 2.00. The fraction of sp³-hybridized carbons (Fsp3) is 0.286. The highest BCUT2D eigenvalue weighted by atomic mass is 16.1. The van der Waals surface area contributed by atoms with E-state index in [4.69, 9.17) is 5.73 Å². The van der Waals surface area contributed by atoms with Crippen LogP contribution in [-0.2, 0) is 7.05 Å². The number of aromatic nitrogens is 5. The van der Waals surface area contributed by atoms with Crippen molar-refractivity contribution < 1.29 is 0 Å². The van der Waals surface area contributed by atoms with Crippen LogP contribution in [0.1, 0.15) is 5.69 Å². The fourth-order valence-corrected chi connectivity index (χ4v) is 1.18. The van der Waals surface area contributed by atoms with Gasteiger partial charge in [-0.3, -0.25) is 9.89 Å². The topological polar surface area (TPSA) is 94.5 Å². The van der Waals surface area contributed by atoms with E-state index in [1.165, 1.54) is 11.0 Å². The summed E-state index contributed by atoms with van der Waals surface area (Å²) in [5, 5.41) is 10.3. The van der Waals surface area contributed by atoms with Crippen LogP contribution in [0.15, 0.2) is 11.1 Å². The molecule has 2 heterocycles. The molecule has 0 amide bonds. The molecular weight excluding hydrogens is 184 g/mol. The Kier molecular flexibility index (Phi) is 1.66. The zero-order valence-electron chi connectivity index (χ0n) is 7.85. The predicted molar refractivity (Wildman–Crippen MR) is 50.1 cm³/mol. The van der Waals surface area contributed by atoms with E-state index in [9.17, 15) is 4.79 Å². The lowest BCUT2D eigenvalue weighted by Crippen LogP contribution is -2.19. The van der Waals surface area contributed by atoms with E-state index in [0.29, 0.717) is 11.6 Å². The van der Waals surface area contributed by atoms with Crippen LogP contribution in [0.4, 0.5) is 5.69 Å². The minimum absolute atomic E-state index is 0.202. The van der Waals surface area contributed by atoms with E-state index < -0.39 is 0 Å². The number of H-pyrrole nitrogens is 1. The Bertz CT molecular complexity index is 519. The lowest BCUT2D eigenvalue weighted by Gasteiger charge is -1.98. The fourth-order valence-electron chi connectivity index (χ4n) is 1.18. The molecule has 74 valence electrons. The number of rotatable bonds is 1. The number of aryl methyl sites for hydroxylation is 2. The van der Waals surface area contributed by atoms with Gasteiger partial charge in [0.1, 0.15) is 12.0 Å². The zero-order valence-corrected chi connectivity index (χ0v) is 7.85. The van der Waals surface area contributed by atoms with E-state index in [2.05, 4.69) is 15.3 Å². The van der Waals surface area contributed by atoms with Gasteiger partial charge in [0.05, 0.1) is 5.69 Å². The summed E-state index contributed by atoms with van der Waals surface area (Å²) in [7, 11) is 1.74. The first-order valence-electron chi connectivity index (χ1n) is 4.02. The monoisotopic (exact) mass is 194 g/mol. The lowest BCUT2D eigenvalue weighted by molar-refractivity contribution is 0.725. The van der Waals surface area contributed by atoms with Crippen LogP contribution >= 0.6 is 0 Å². The van der Waals surface area contributed by atoms with Crippen LogP contribution in [0.5, 0.6) is 0 Å². The molecule has 0 aliphatic carbocycles. The van der Waals surface area contributed by atoms with Crippen molar-refractivity contribution in [3.63, 3.8) is 0 Å². The van der Waals surface area contributed by atoms with Crippen LogP contribution in [0.25, 0.3) is 5.95 Å². The van der Waals surface area contributed by atoms with Crippen LogP contribution in [0.3, 0.4) is 0 Å². The van der Waals surface area contributed by atoms with Crippen LogP contribution in [0.2, 0.25) is 0 Å². The van der Waals surface area contributed by atoms with Crippen molar-refractivity contribution in [2.24, 2.45) is 7.05 Å². The van der Waals surface area contributed by atoms with E-state index in [-0.39, 0.29) is 11.2 Å². The Hall–Kier alpha value is -2.05. The second-order valence-electron chi connectivity index (χ2n) is 3.03. The second kappa shape index (κ2) is 2.72. The molecule has 0 saturated heterocycles. The molecule has 0 radical (unpaired) electrons. The maximum absolute atomic E-state index is 11.6. The quantitative estimate of drug-likeness (QED) is 0.620. The third-order valence-corrected chi connectivity index (χ3v) is 2.00. The average Bonchev–Trinajstić information content (AvgIpc) is 2.66. The highest BCUT2D eigenvalue weighted by Crippen LogP contribution is 2.03. The number of nitrogens with zero attached hydrogens (tertiary/aromatic N) is 4. The van der Waals surface area contributed by atoms with Gasteiger partial charge in [0.25, 0.3) is 11.5 Å². The van der Waals surface area contributed by atoms with Gasteiger partial charge in [0.2, 0.25) is 0 Å². The van der Waals surface area contributed by atoms with Gasteiger partial charge in [-0.05, 0) is 6.92 Å². The van der Waals surface area contributed by atoms with Crippen molar-refractivity contribution in [1.82, 2.24) is 24.5 Å². The number of aromatic amines is 1. The Balaban J connectivity index is 2.70. The van der Waals surface area contributed by atoms with Gasteiger partial charge in [0.15, 0.2) is 0 Å². The SMILES string of the molecule is Cc1[nH]n(-c2nncn2C)c(=O)c1N. The van der Waals surface area contributed by atoms with Crippen molar-refractivity contribution in [1.29, 1.82) is 0 Å². The van der Waals surface area contributed by atoms with Gasteiger partial charge in [0, 0.05) is 7.05 Å². The Labute approximate surface area is 79.2 Å². The van der Waals surface area contributed by atoms with Crippen LogP contribution in [0, 0.1) is 6.92 Å². The van der Waals surface area contributed by atoms with E-state index >= 15 is 0 Å². The molecule has 2 aromatic heterocycles. The highest BCUT2D eigenvalue weighted by Gasteiger charge is 2.12. The molecule has 7 nitrogen and oxygen atoms in total. The Morgan fingerprint density at radius 2 is 2.29 bits per heavy atom. The molecule has 0 unspecified atom stereocenters. The first kappa shape index (κ1) is 8.54. The molecule has 0 saturated carbocycles. The van der Waals surface area contributed by atoms with Crippen molar-refractivity contribution in [3.8, 4) is 5.95 Å². The van der Waals surface area contributed by atoms with E-state index in [1.54, 1.807) is 18.5 Å². The molecule has 2 rings (SSSR count). The largest absolute Gasteiger partial charge is 0.393 e. The summed E-state index contributed by atoms with van der Waals surface area (Å²) in [6.07, 6.45) is 1.51. The van der Waals surface area contributed by atoms with Gasteiger partial charge < -0.3 is 10.3 Å². The lowest BCUT2D eigenvalue weighted by atomic mass is 10.4. The molecule has 2 aromatic rings. The Morgan fingerprint density at radius 1 is 1.57 bits per heavy atom. The number of nitrogen functional groups attached to an aromatic ring is 1. The van der Waals surface area contributed by atoms with Gasteiger partial charge in [-0.15, -0.1) is 10.2 Å². The zero-order chi connectivity index (χ0) is 10.3. The first-order valence-corrected chi connectivity index (χ1v) is 4.02. The summed E-state index contributed by atoms with van der Waals surface area (Å²) in [5.41, 5.74) is 6.05. The molecule has 7 heteroatoms. The van der Waals surface area contributed by atoms with Crippen LogP contribution in [-0.4, -0.2) is 24.5 Å². The average molecular weight is 194 g/mol.